The van der Waals surface area contributed by atoms with E-state index in [1.807, 2.05) is 30.3 Å². The maximum atomic E-state index is 12.3. The van der Waals surface area contributed by atoms with Gasteiger partial charge in [-0.2, -0.15) is 0 Å². The van der Waals surface area contributed by atoms with Gasteiger partial charge in [-0.15, -0.1) is 0 Å². The molecule has 0 aromatic heterocycles. The van der Waals surface area contributed by atoms with Crippen molar-refractivity contribution in [3.63, 3.8) is 0 Å². The van der Waals surface area contributed by atoms with E-state index in [1.165, 1.54) is 0 Å². The van der Waals surface area contributed by atoms with Crippen LogP contribution in [0.4, 0.5) is 0 Å². The summed E-state index contributed by atoms with van der Waals surface area (Å²) in [6.45, 7) is 6.00. The first-order valence-corrected chi connectivity index (χ1v) is 7.89. The first-order chi connectivity index (χ1) is 10.5. The van der Waals surface area contributed by atoms with Crippen molar-refractivity contribution in [2.75, 3.05) is 13.1 Å². The van der Waals surface area contributed by atoms with Crippen molar-refractivity contribution in [1.29, 1.82) is 0 Å². The first-order valence-electron chi connectivity index (χ1n) is 7.51. The molecular weight excluding hydrogens is 298 g/mol. The third-order valence-corrected chi connectivity index (χ3v) is 3.90. The van der Waals surface area contributed by atoms with Crippen LogP contribution in [0.5, 0.6) is 0 Å². The van der Waals surface area contributed by atoms with Crippen LogP contribution in [0.25, 0.3) is 0 Å². The molecule has 1 heterocycles. The van der Waals surface area contributed by atoms with Crippen molar-refractivity contribution in [2.24, 2.45) is 16.6 Å². The molecule has 0 bridgehead atoms. The van der Waals surface area contributed by atoms with E-state index in [4.69, 9.17) is 17.3 Å². The Labute approximate surface area is 136 Å². The lowest BCUT2D eigenvalue weighted by Gasteiger charge is -2.29. The molecule has 118 valence electrons. The molecule has 1 aromatic carbocycles. The molecule has 2 rings (SSSR count). The second-order valence-corrected chi connectivity index (χ2v) is 6.24. The molecule has 1 aromatic rings. The number of hydrogen-bond acceptors (Lipinski definition) is 3. The van der Waals surface area contributed by atoms with Crippen molar-refractivity contribution in [3.05, 3.63) is 47.2 Å². The van der Waals surface area contributed by atoms with E-state index < -0.39 is 0 Å². The summed E-state index contributed by atoms with van der Waals surface area (Å²) in [6, 6.07) is 9.85. The van der Waals surface area contributed by atoms with Crippen LogP contribution in [0.2, 0.25) is 0 Å². The molecule has 1 aliphatic heterocycles. The second-order valence-electron chi connectivity index (χ2n) is 5.88. The smallest absolute Gasteiger partial charge is 0.270 e. The van der Waals surface area contributed by atoms with Gasteiger partial charge in [0.1, 0.15) is 10.9 Å². The van der Waals surface area contributed by atoms with Gasteiger partial charge in [-0.1, -0.05) is 55.8 Å². The SMILES string of the molecule is CC(C)CN1CCC(C(Cl)=NCc2ccccc2)=C(N)C1=O. The number of halogens is 1. The highest BCUT2D eigenvalue weighted by atomic mass is 35.5. The lowest BCUT2D eigenvalue weighted by Crippen LogP contribution is -2.42. The average molecular weight is 320 g/mol. The maximum Gasteiger partial charge on any atom is 0.270 e. The number of nitrogens with two attached hydrogens (primary N) is 1. The summed E-state index contributed by atoms with van der Waals surface area (Å²) in [5, 5.41) is 0.346. The van der Waals surface area contributed by atoms with Gasteiger partial charge in [0.2, 0.25) is 0 Å². The molecule has 0 radical (unpaired) electrons. The van der Waals surface area contributed by atoms with E-state index in [-0.39, 0.29) is 11.6 Å². The highest BCUT2D eigenvalue weighted by Crippen LogP contribution is 2.20. The zero-order chi connectivity index (χ0) is 16.1. The van der Waals surface area contributed by atoms with Gasteiger partial charge in [0.25, 0.3) is 5.91 Å². The minimum atomic E-state index is -0.136. The Morgan fingerprint density at radius 1 is 1.36 bits per heavy atom. The summed E-state index contributed by atoms with van der Waals surface area (Å²) in [6.07, 6.45) is 0.654. The largest absolute Gasteiger partial charge is 0.394 e. The third kappa shape index (κ3) is 4.10. The molecule has 2 N–H and O–H groups in total. The van der Waals surface area contributed by atoms with Gasteiger partial charge in [-0.05, 0) is 17.9 Å². The van der Waals surface area contributed by atoms with E-state index in [0.29, 0.717) is 42.7 Å². The van der Waals surface area contributed by atoms with Crippen LogP contribution in [0.15, 0.2) is 46.6 Å². The monoisotopic (exact) mass is 319 g/mol. The summed E-state index contributed by atoms with van der Waals surface area (Å²) in [4.78, 5) is 18.4. The standard InChI is InChI=1S/C17H22ClN3O/c1-12(2)11-21-9-8-14(15(19)17(21)22)16(18)20-10-13-6-4-3-5-7-13/h3-7,12H,8-11,19H2,1-2H3. The molecule has 22 heavy (non-hydrogen) atoms. The minimum Gasteiger partial charge on any atom is -0.394 e. The Kier molecular flexibility index (Phi) is 5.61. The van der Waals surface area contributed by atoms with Crippen LogP contribution in [-0.2, 0) is 11.3 Å². The van der Waals surface area contributed by atoms with Crippen molar-refractivity contribution in [2.45, 2.75) is 26.8 Å². The number of benzene rings is 1. The Bertz CT molecular complexity index is 593. The fourth-order valence-corrected chi connectivity index (χ4v) is 2.71. The summed E-state index contributed by atoms with van der Waals surface area (Å²) >= 11 is 6.26. The molecule has 0 saturated carbocycles. The molecule has 0 fully saturated rings. The Balaban J connectivity index is 2.11. The number of amides is 1. The third-order valence-electron chi connectivity index (χ3n) is 3.55. The van der Waals surface area contributed by atoms with Gasteiger partial charge in [0.15, 0.2) is 0 Å². The van der Waals surface area contributed by atoms with Gasteiger partial charge >= 0.3 is 0 Å². The quantitative estimate of drug-likeness (QED) is 0.848. The molecule has 1 aliphatic rings. The average Bonchev–Trinajstić information content (AvgIpc) is 2.50. The fourth-order valence-electron chi connectivity index (χ4n) is 2.45. The maximum absolute atomic E-state index is 12.3. The van der Waals surface area contributed by atoms with Gasteiger partial charge < -0.3 is 10.6 Å². The number of carbonyl (C=O) groups excluding carboxylic acids is 1. The van der Waals surface area contributed by atoms with Crippen LogP contribution in [-0.4, -0.2) is 29.1 Å². The number of hydrogen-bond donors (Lipinski definition) is 1. The van der Waals surface area contributed by atoms with Crippen LogP contribution >= 0.6 is 11.6 Å². The van der Waals surface area contributed by atoms with E-state index in [2.05, 4.69) is 18.8 Å². The fraction of sp³-hybridized carbons (Fsp3) is 0.412. The van der Waals surface area contributed by atoms with Gasteiger partial charge in [-0.25, -0.2) is 0 Å². The lowest BCUT2D eigenvalue weighted by atomic mass is 10.0. The molecule has 5 heteroatoms. The number of rotatable bonds is 5. The summed E-state index contributed by atoms with van der Waals surface area (Å²) < 4.78 is 0. The molecule has 1 amide bonds. The molecular formula is C17H22ClN3O. The normalized spacial score (nSPS) is 16.6. The van der Waals surface area contributed by atoms with Crippen LogP contribution < -0.4 is 5.73 Å². The molecule has 0 atom stereocenters. The summed E-state index contributed by atoms with van der Waals surface area (Å²) in [7, 11) is 0. The highest BCUT2D eigenvalue weighted by molar-refractivity contribution is 6.69. The van der Waals surface area contributed by atoms with Crippen LogP contribution in [0, 0.1) is 5.92 Å². The molecule has 0 saturated heterocycles. The Morgan fingerprint density at radius 2 is 2.05 bits per heavy atom. The Hall–Kier alpha value is -1.81. The molecule has 4 nitrogen and oxygen atoms in total. The molecule has 0 unspecified atom stereocenters. The van der Waals surface area contributed by atoms with E-state index in [0.717, 1.165) is 5.56 Å². The van der Waals surface area contributed by atoms with Crippen molar-refractivity contribution < 1.29 is 4.79 Å². The Morgan fingerprint density at radius 3 is 2.68 bits per heavy atom. The van der Waals surface area contributed by atoms with E-state index >= 15 is 0 Å². The van der Waals surface area contributed by atoms with Crippen molar-refractivity contribution in [3.8, 4) is 0 Å². The summed E-state index contributed by atoms with van der Waals surface area (Å²) in [5.41, 5.74) is 7.95. The van der Waals surface area contributed by atoms with Gasteiger partial charge in [-0.3, -0.25) is 9.79 Å². The van der Waals surface area contributed by atoms with Crippen molar-refractivity contribution in [1.82, 2.24) is 4.90 Å². The number of carbonyl (C=O) groups is 1. The predicted octanol–water partition coefficient (Wildman–Crippen LogP) is 2.93. The van der Waals surface area contributed by atoms with Crippen LogP contribution in [0.1, 0.15) is 25.8 Å². The lowest BCUT2D eigenvalue weighted by molar-refractivity contribution is -0.128. The molecule has 0 aliphatic carbocycles. The summed E-state index contributed by atoms with van der Waals surface area (Å²) in [5.74, 6) is 0.281. The predicted molar refractivity (Wildman–Crippen MR) is 90.7 cm³/mol. The van der Waals surface area contributed by atoms with Gasteiger partial charge in [0, 0.05) is 18.7 Å². The van der Waals surface area contributed by atoms with E-state index in [9.17, 15) is 4.79 Å². The highest BCUT2D eigenvalue weighted by Gasteiger charge is 2.27. The first kappa shape index (κ1) is 16.6. The van der Waals surface area contributed by atoms with Crippen LogP contribution in [0.3, 0.4) is 0 Å². The van der Waals surface area contributed by atoms with Crippen molar-refractivity contribution >= 4 is 22.7 Å². The number of nitrogens with zero attached hydrogens (tertiary/aromatic N) is 2. The number of aliphatic imine (C=N–C) groups is 1. The zero-order valence-corrected chi connectivity index (χ0v) is 13.8. The van der Waals surface area contributed by atoms with E-state index in [1.54, 1.807) is 4.90 Å². The minimum absolute atomic E-state index is 0.136. The van der Waals surface area contributed by atoms with Gasteiger partial charge in [0.05, 0.1) is 6.54 Å². The zero-order valence-electron chi connectivity index (χ0n) is 13.1. The molecule has 0 spiro atoms. The second kappa shape index (κ2) is 7.45. The topological polar surface area (TPSA) is 58.7 Å².